The summed E-state index contributed by atoms with van der Waals surface area (Å²) in [5.41, 5.74) is 0. The first-order valence-electron chi connectivity index (χ1n) is 1.94. The maximum Gasteiger partial charge on any atom is -0.00356 e. The van der Waals surface area contributed by atoms with Crippen molar-refractivity contribution in [2.24, 2.45) is 0 Å². The molecule has 0 spiro atoms. The highest BCUT2D eigenvalue weighted by molar-refractivity contribution is 7.98. The van der Waals surface area contributed by atoms with Gasteiger partial charge in [0.15, 0.2) is 0 Å². The van der Waals surface area contributed by atoms with E-state index >= 15 is 0 Å². The molecule has 35 valence electrons. The van der Waals surface area contributed by atoms with Gasteiger partial charge in [0.1, 0.15) is 0 Å². The van der Waals surface area contributed by atoms with Gasteiger partial charge in [-0.2, -0.15) is 11.8 Å². The Labute approximate surface area is 43.6 Å². The summed E-state index contributed by atoms with van der Waals surface area (Å²) in [4.78, 5) is 0. The monoisotopic (exact) mass is 101 g/mol. The molecule has 1 radical (unpaired) electrons. The van der Waals surface area contributed by atoms with E-state index in [2.05, 4.69) is 6.26 Å². The van der Waals surface area contributed by atoms with E-state index in [9.17, 15) is 0 Å². The Balaban J connectivity index is 2.49. The second-order valence-electron chi connectivity index (χ2n) is 1.02. The second-order valence-corrected chi connectivity index (χ2v) is 2.00. The van der Waals surface area contributed by atoms with Crippen molar-refractivity contribution >= 4 is 11.8 Å². The average molecular weight is 101 g/mol. The summed E-state index contributed by atoms with van der Waals surface area (Å²) in [6, 6.07) is 0. The summed E-state index contributed by atoms with van der Waals surface area (Å²) >= 11 is 1.81. The van der Waals surface area contributed by atoms with E-state index in [1.165, 1.54) is 0 Å². The number of hydrogen-bond acceptors (Lipinski definition) is 1. The molecular weight excluding hydrogens is 92.1 g/mol. The molecule has 0 N–H and O–H groups in total. The van der Waals surface area contributed by atoms with E-state index in [0.717, 1.165) is 12.2 Å². The van der Waals surface area contributed by atoms with Gasteiger partial charge in [0.25, 0.3) is 0 Å². The minimum Gasteiger partial charge on any atom is -0.165 e. The fourth-order valence-corrected chi connectivity index (χ4v) is 0.558. The van der Waals surface area contributed by atoms with Crippen molar-refractivity contribution < 1.29 is 0 Å². The van der Waals surface area contributed by atoms with Crippen molar-refractivity contribution in [3.8, 4) is 0 Å². The van der Waals surface area contributed by atoms with Crippen molar-refractivity contribution in [2.75, 3.05) is 12.0 Å². The van der Waals surface area contributed by atoms with Gasteiger partial charge in [-0.25, -0.2) is 0 Å². The predicted octanol–water partition coefficient (Wildman–Crippen LogP) is 1.73. The van der Waals surface area contributed by atoms with E-state index in [4.69, 9.17) is 6.58 Å². The molecule has 0 heterocycles. The fourth-order valence-electron chi connectivity index (χ4n) is 0.186. The summed E-state index contributed by atoms with van der Waals surface area (Å²) in [6.45, 7) is 5.08. The lowest BCUT2D eigenvalue weighted by Gasteiger charge is -1.82. The Bertz CT molecular complexity index is 32.9. The Morgan fingerprint density at radius 2 is 2.50 bits per heavy atom. The molecule has 0 aromatic rings. The number of hydrogen-bond donors (Lipinski definition) is 0. The van der Waals surface area contributed by atoms with Crippen LogP contribution in [0.5, 0.6) is 0 Å². The summed E-state index contributed by atoms with van der Waals surface area (Å²) in [5, 5.41) is 0. The van der Waals surface area contributed by atoms with E-state index in [1.54, 1.807) is 6.08 Å². The molecule has 0 aromatic heterocycles. The first kappa shape index (κ1) is 6.09. The Morgan fingerprint density at radius 3 is 2.67 bits per heavy atom. The predicted molar refractivity (Wildman–Crippen MR) is 31.9 cm³/mol. The number of thioether (sulfide) groups is 1. The molecule has 0 bridgehead atoms. The molecule has 6 heavy (non-hydrogen) atoms. The van der Waals surface area contributed by atoms with Gasteiger partial charge in [-0.3, -0.25) is 0 Å². The van der Waals surface area contributed by atoms with Gasteiger partial charge in [-0.05, 0) is 18.4 Å². The molecule has 0 atom stereocenters. The van der Waals surface area contributed by atoms with Crippen LogP contribution in [0.2, 0.25) is 0 Å². The van der Waals surface area contributed by atoms with Crippen LogP contribution in [-0.2, 0) is 0 Å². The fraction of sp³-hybridized carbons (Fsp3) is 0.600. The molecule has 0 aliphatic heterocycles. The average Bonchev–Trinajstić information content (AvgIpc) is 1.61. The maximum absolute atomic E-state index is 5.08. The minimum atomic E-state index is 1.03. The van der Waals surface area contributed by atoms with Crippen LogP contribution in [-0.4, -0.2) is 12.0 Å². The zero-order chi connectivity index (χ0) is 4.83. The van der Waals surface area contributed by atoms with E-state index in [0.29, 0.717) is 0 Å². The van der Waals surface area contributed by atoms with Crippen molar-refractivity contribution in [1.82, 2.24) is 0 Å². The third-order valence-corrected chi connectivity index (χ3v) is 1.13. The normalized spacial score (nSPS) is 8.17. The smallest absolute Gasteiger partial charge is 0.00356 e. The maximum atomic E-state index is 5.08. The third kappa shape index (κ3) is 4.09. The Kier molecular flexibility index (Phi) is 5.17. The largest absolute Gasteiger partial charge is 0.165 e. The zero-order valence-corrected chi connectivity index (χ0v) is 4.79. The van der Waals surface area contributed by atoms with E-state index in [1.807, 2.05) is 11.8 Å². The van der Waals surface area contributed by atoms with Crippen LogP contribution >= 0.6 is 11.8 Å². The molecule has 0 rings (SSSR count). The van der Waals surface area contributed by atoms with Crippen molar-refractivity contribution in [2.45, 2.75) is 6.42 Å². The molecule has 0 unspecified atom stereocenters. The van der Waals surface area contributed by atoms with Gasteiger partial charge in [0.05, 0.1) is 0 Å². The molecule has 1 heteroatoms. The molecule has 0 aliphatic rings. The molecule has 0 aliphatic carbocycles. The summed E-state index contributed by atoms with van der Waals surface area (Å²) in [5.74, 6) is 1.15. The van der Waals surface area contributed by atoms with Gasteiger partial charge in [0.2, 0.25) is 0 Å². The number of rotatable bonds is 3. The van der Waals surface area contributed by atoms with E-state index in [-0.39, 0.29) is 0 Å². The summed E-state index contributed by atoms with van der Waals surface area (Å²) in [6.07, 6.45) is 4.79. The SMILES string of the molecule is [CH]=CCCSC. The van der Waals surface area contributed by atoms with Crippen molar-refractivity contribution in [1.29, 1.82) is 0 Å². The quantitative estimate of drug-likeness (QED) is 0.488. The molecule has 0 nitrogen and oxygen atoms in total. The molecular formula is C5H9S. The zero-order valence-electron chi connectivity index (χ0n) is 3.98. The van der Waals surface area contributed by atoms with Crippen molar-refractivity contribution in [3.63, 3.8) is 0 Å². The van der Waals surface area contributed by atoms with Crippen LogP contribution in [0.3, 0.4) is 0 Å². The molecule has 0 fully saturated rings. The Hall–Kier alpha value is 0.0900. The highest BCUT2D eigenvalue weighted by Gasteiger charge is 1.71. The van der Waals surface area contributed by atoms with Crippen LogP contribution in [0.4, 0.5) is 0 Å². The first-order chi connectivity index (χ1) is 2.91. The minimum absolute atomic E-state index is 1.03. The van der Waals surface area contributed by atoms with Crippen LogP contribution in [0.15, 0.2) is 6.08 Å². The molecule has 0 aromatic carbocycles. The molecule has 0 saturated carbocycles. The lowest BCUT2D eigenvalue weighted by Crippen LogP contribution is -1.67. The Morgan fingerprint density at radius 1 is 1.83 bits per heavy atom. The highest BCUT2D eigenvalue weighted by Crippen LogP contribution is 1.93. The first-order valence-corrected chi connectivity index (χ1v) is 3.33. The topological polar surface area (TPSA) is 0 Å². The number of allylic oxidation sites excluding steroid dienone is 1. The van der Waals surface area contributed by atoms with Gasteiger partial charge in [-0.15, -0.1) is 0 Å². The molecule has 0 amide bonds. The highest BCUT2D eigenvalue weighted by atomic mass is 32.2. The van der Waals surface area contributed by atoms with Crippen LogP contribution in [0.25, 0.3) is 0 Å². The second kappa shape index (κ2) is 5.09. The van der Waals surface area contributed by atoms with Gasteiger partial charge < -0.3 is 0 Å². The van der Waals surface area contributed by atoms with Gasteiger partial charge in [0, 0.05) is 0 Å². The van der Waals surface area contributed by atoms with Crippen molar-refractivity contribution in [3.05, 3.63) is 12.7 Å². The van der Waals surface area contributed by atoms with Gasteiger partial charge >= 0.3 is 0 Å². The summed E-state index contributed by atoms with van der Waals surface area (Å²) < 4.78 is 0. The van der Waals surface area contributed by atoms with Crippen LogP contribution in [0, 0.1) is 6.58 Å². The third-order valence-electron chi connectivity index (χ3n) is 0.489. The van der Waals surface area contributed by atoms with Crippen LogP contribution in [0.1, 0.15) is 6.42 Å². The molecule has 0 saturated heterocycles. The summed E-state index contributed by atoms with van der Waals surface area (Å²) in [7, 11) is 0. The van der Waals surface area contributed by atoms with Gasteiger partial charge in [-0.1, -0.05) is 12.7 Å². The van der Waals surface area contributed by atoms with Crippen LogP contribution < -0.4 is 0 Å². The van der Waals surface area contributed by atoms with E-state index < -0.39 is 0 Å². The standard InChI is InChI=1S/C5H9S/c1-3-4-5-6-2/h1,3H,4-5H2,2H3. The lowest BCUT2D eigenvalue weighted by molar-refractivity contribution is 1.25. The lowest BCUT2D eigenvalue weighted by atomic mass is 10.5.